The number of methoxy groups -OCH3 is 1. The van der Waals surface area contributed by atoms with Crippen molar-refractivity contribution in [3.8, 4) is 10.6 Å². The number of aromatic nitrogens is 1. The molecule has 3 aromatic carbocycles. The van der Waals surface area contributed by atoms with Gasteiger partial charge in [-0.3, -0.25) is 4.72 Å². The van der Waals surface area contributed by atoms with Gasteiger partial charge in [-0.15, -0.1) is 11.3 Å². The molecule has 1 N–H and O–H groups in total. The van der Waals surface area contributed by atoms with Crippen molar-refractivity contribution in [2.45, 2.75) is 12.7 Å². The normalized spacial score (nSPS) is 11.4. The smallest absolute Gasteiger partial charge is 0.337 e. The summed E-state index contributed by atoms with van der Waals surface area (Å²) in [6.45, 7) is 2.05. The van der Waals surface area contributed by atoms with Crippen molar-refractivity contribution in [1.29, 1.82) is 0 Å². The van der Waals surface area contributed by atoms with E-state index < -0.39 is 16.0 Å². The fraction of sp³-hybridized carbons (Fsp3) is 0.130. The molecule has 0 aliphatic carbocycles. The Morgan fingerprint density at radius 1 is 1.06 bits per heavy atom. The van der Waals surface area contributed by atoms with Gasteiger partial charge in [0.15, 0.2) is 0 Å². The maximum atomic E-state index is 12.6. The molecule has 158 valence electrons. The zero-order chi connectivity index (χ0) is 22.0. The average molecular weight is 453 g/mol. The fourth-order valence-corrected chi connectivity index (χ4v) is 5.43. The molecular formula is C23H20N2O4S2. The average Bonchev–Trinajstić information content (AvgIpc) is 3.16. The summed E-state index contributed by atoms with van der Waals surface area (Å²) in [5.74, 6) is -0.760. The van der Waals surface area contributed by atoms with Crippen molar-refractivity contribution in [1.82, 2.24) is 4.98 Å². The Hall–Kier alpha value is -3.23. The molecule has 0 radical (unpaired) electrons. The number of hydrogen-bond donors (Lipinski definition) is 1. The molecule has 31 heavy (non-hydrogen) atoms. The Balaban J connectivity index is 1.49. The number of carbonyl (C=O) groups excluding carboxylic acids is 1. The highest BCUT2D eigenvalue weighted by atomic mass is 32.2. The van der Waals surface area contributed by atoms with Crippen molar-refractivity contribution in [3.05, 3.63) is 83.4 Å². The number of benzene rings is 3. The van der Waals surface area contributed by atoms with E-state index in [2.05, 4.69) is 20.5 Å². The molecule has 1 heterocycles. The highest BCUT2D eigenvalue weighted by Gasteiger charge is 2.14. The van der Waals surface area contributed by atoms with Crippen LogP contribution in [0.5, 0.6) is 0 Å². The van der Waals surface area contributed by atoms with Crippen LogP contribution in [0, 0.1) is 6.92 Å². The van der Waals surface area contributed by atoms with Gasteiger partial charge >= 0.3 is 5.97 Å². The van der Waals surface area contributed by atoms with Gasteiger partial charge in [-0.2, -0.15) is 0 Å². The van der Waals surface area contributed by atoms with E-state index in [0.29, 0.717) is 16.8 Å². The molecule has 0 saturated carbocycles. The van der Waals surface area contributed by atoms with Crippen LogP contribution in [0.1, 0.15) is 21.5 Å². The van der Waals surface area contributed by atoms with Gasteiger partial charge in [0.05, 0.1) is 28.6 Å². The molecule has 0 fully saturated rings. The van der Waals surface area contributed by atoms with Gasteiger partial charge in [0, 0.05) is 11.3 Å². The number of nitrogens with zero attached hydrogens (tertiary/aromatic N) is 1. The molecule has 0 atom stereocenters. The minimum absolute atomic E-state index is 0.253. The number of hydrogen-bond acceptors (Lipinski definition) is 6. The molecule has 0 aliphatic rings. The number of fused-ring (bicyclic) bond motifs is 1. The van der Waals surface area contributed by atoms with Crippen molar-refractivity contribution >= 4 is 43.2 Å². The largest absolute Gasteiger partial charge is 0.465 e. The van der Waals surface area contributed by atoms with Gasteiger partial charge in [0.1, 0.15) is 5.01 Å². The van der Waals surface area contributed by atoms with E-state index in [-0.39, 0.29) is 5.75 Å². The summed E-state index contributed by atoms with van der Waals surface area (Å²) in [6.07, 6.45) is 0. The maximum Gasteiger partial charge on any atom is 0.337 e. The van der Waals surface area contributed by atoms with Crippen LogP contribution in [0.3, 0.4) is 0 Å². The van der Waals surface area contributed by atoms with Gasteiger partial charge in [-0.25, -0.2) is 18.2 Å². The first kappa shape index (κ1) is 21.0. The minimum atomic E-state index is -3.65. The molecule has 0 unspecified atom stereocenters. The Kier molecular flexibility index (Phi) is 5.75. The predicted octanol–water partition coefficient (Wildman–Crippen LogP) is 5.00. The van der Waals surface area contributed by atoms with E-state index >= 15 is 0 Å². The second kappa shape index (κ2) is 8.49. The number of thiazole rings is 1. The van der Waals surface area contributed by atoms with Crippen molar-refractivity contribution in [3.63, 3.8) is 0 Å². The molecule has 6 nitrogen and oxygen atoms in total. The summed E-state index contributed by atoms with van der Waals surface area (Å²) in [7, 11) is -2.37. The Morgan fingerprint density at radius 2 is 1.84 bits per heavy atom. The molecule has 0 aliphatic heterocycles. The topological polar surface area (TPSA) is 85.4 Å². The molecule has 4 aromatic rings. The third kappa shape index (κ3) is 4.92. The summed E-state index contributed by atoms with van der Waals surface area (Å²) in [5, 5.41) is 0.884. The van der Waals surface area contributed by atoms with Crippen LogP contribution in [0.15, 0.2) is 66.7 Å². The van der Waals surface area contributed by atoms with Crippen LogP contribution in [0.4, 0.5) is 5.69 Å². The van der Waals surface area contributed by atoms with Crippen LogP contribution >= 0.6 is 11.3 Å². The van der Waals surface area contributed by atoms with Crippen LogP contribution in [0.2, 0.25) is 0 Å². The number of rotatable bonds is 6. The molecule has 0 bridgehead atoms. The van der Waals surface area contributed by atoms with E-state index in [9.17, 15) is 13.2 Å². The Labute approximate surface area is 184 Å². The lowest BCUT2D eigenvalue weighted by Gasteiger charge is -2.09. The zero-order valence-corrected chi connectivity index (χ0v) is 18.6. The van der Waals surface area contributed by atoms with Crippen molar-refractivity contribution in [2.75, 3.05) is 11.8 Å². The monoisotopic (exact) mass is 452 g/mol. The third-order valence-electron chi connectivity index (χ3n) is 4.65. The summed E-state index contributed by atoms with van der Waals surface area (Å²) < 4.78 is 33.6. The highest BCUT2D eigenvalue weighted by Crippen LogP contribution is 2.31. The molecule has 8 heteroatoms. The minimum Gasteiger partial charge on any atom is -0.465 e. The first-order chi connectivity index (χ1) is 14.8. The lowest BCUT2D eigenvalue weighted by molar-refractivity contribution is 0.0600. The first-order valence-corrected chi connectivity index (χ1v) is 12.0. The van der Waals surface area contributed by atoms with E-state index in [1.807, 2.05) is 31.2 Å². The van der Waals surface area contributed by atoms with E-state index in [4.69, 9.17) is 0 Å². The maximum absolute atomic E-state index is 12.6. The third-order valence-corrected chi connectivity index (χ3v) is 6.98. The van der Waals surface area contributed by atoms with E-state index in [0.717, 1.165) is 20.8 Å². The van der Waals surface area contributed by atoms with Gasteiger partial charge in [-0.05, 0) is 66.6 Å². The second-order valence-corrected chi connectivity index (χ2v) is 9.87. The quantitative estimate of drug-likeness (QED) is 0.416. The summed E-state index contributed by atoms with van der Waals surface area (Å²) in [4.78, 5) is 16.3. The number of anilines is 1. The lowest BCUT2D eigenvalue weighted by atomic mass is 10.1. The van der Waals surface area contributed by atoms with Crippen LogP contribution in [0.25, 0.3) is 20.8 Å². The molecule has 0 spiro atoms. The van der Waals surface area contributed by atoms with Gasteiger partial charge < -0.3 is 4.74 Å². The Morgan fingerprint density at radius 3 is 2.58 bits per heavy atom. The summed E-state index contributed by atoms with van der Waals surface area (Å²) in [6, 6.07) is 19.7. The van der Waals surface area contributed by atoms with Crippen molar-refractivity contribution in [2.24, 2.45) is 0 Å². The van der Waals surface area contributed by atoms with Gasteiger partial charge in [0.25, 0.3) is 0 Å². The van der Waals surface area contributed by atoms with Crippen LogP contribution in [-0.4, -0.2) is 26.5 Å². The van der Waals surface area contributed by atoms with E-state index in [1.54, 1.807) is 41.7 Å². The standard InChI is InChI=1S/C23H20N2O4S2/c1-15-6-11-20-21(12-15)30-22(24-20)17-7-9-19(10-8-17)25-31(27,28)14-16-4-3-5-18(13-16)23(26)29-2/h3-13,25H,14H2,1-2H3. The lowest BCUT2D eigenvalue weighted by Crippen LogP contribution is -2.15. The number of aryl methyl sites for hydroxylation is 1. The van der Waals surface area contributed by atoms with E-state index in [1.165, 1.54) is 18.7 Å². The number of nitrogens with one attached hydrogen (secondary N) is 1. The number of esters is 1. The summed E-state index contributed by atoms with van der Waals surface area (Å²) >= 11 is 1.60. The zero-order valence-electron chi connectivity index (χ0n) is 17.0. The van der Waals surface area contributed by atoms with Gasteiger partial charge in [0.2, 0.25) is 10.0 Å². The SMILES string of the molecule is COC(=O)c1cccc(CS(=O)(=O)Nc2ccc(-c3nc4ccc(C)cc4s3)cc2)c1. The first-order valence-electron chi connectivity index (χ1n) is 9.48. The highest BCUT2D eigenvalue weighted by molar-refractivity contribution is 7.91. The predicted molar refractivity (Wildman–Crippen MR) is 124 cm³/mol. The second-order valence-electron chi connectivity index (χ2n) is 7.12. The molecule has 1 aromatic heterocycles. The van der Waals surface area contributed by atoms with Gasteiger partial charge in [-0.1, -0.05) is 18.2 Å². The fourth-order valence-electron chi connectivity index (χ4n) is 3.18. The summed E-state index contributed by atoms with van der Waals surface area (Å²) in [5.41, 5.74) is 4.33. The van der Waals surface area contributed by atoms with Crippen LogP contribution < -0.4 is 4.72 Å². The molecule has 0 amide bonds. The Bertz CT molecular complexity index is 1360. The van der Waals surface area contributed by atoms with Crippen molar-refractivity contribution < 1.29 is 17.9 Å². The number of sulfonamides is 1. The number of ether oxygens (including phenoxy) is 1. The molecular weight excluding hydrogens is 432 g/mol. The number of carbonyl (C=O) groups is 1. The molecule has 4 rings (SSSR count). The van der Waals surface area contributed by atoms with Crippen LogP contribution in [-0.2, 0) is 20.5 Å². The molecule has 0 saturated heterocycles.